The fourth-order valence-electron chi connectivity index (χ4n) is 4.85. The van der Waals surface area contributed by atoms with Gasteiger partial charge in [-0.25, -0.2) is 31.6 Å². The van der Waals surface area contributed by atoms with Crippen LogP contribution in [0.5, 0.6) is 0 Å². The average molecular weight is 570 g/mol. The maximum Gasteiger partial charge on any atom is 0.237 e. The summed E-state index contributed by atoms with van der Waals surface area (Å²) >= 11 is 0. The van der Waals surface area contributed by atoms with Crippen LogP contribution in [0, 0.1) is 11.6 Å². The lowest BCUT2D eigenvalue weighted by molar-refractivity contribution is 0.254. The van der Waals surface area contributed by atoms with Gasteiger partial charge in [0.05, 0.1) is 11.3 Å². The summed E-state index contributed by atoms with van der Waals surface area (Å²) in [6.45, 7) is 4.91. The van der Waals surface area contributed by atoms with Crippen LogP contribution in [0.4, 0.5) is 24.8 Å². The van der Waals surface area contributed by atoms with Crippen LogP contribution in [0.1, 0.15) is 37.3 Å². The maximum atomic E-state index is 15.1. The highest BCUT2D eigenvalue weighted by atomic mass is 32.2. The molecule has 210 valence electrons. The topological polar surface area (TPSA) is 96.0 Å². The number of aromatic nitrogens is 2. The van der Waals surface area contributed by atoms with E-state index in [4.69, 9.17) is 0 Å². The number of hydrogen-bond donors (Lipinski definition) is 3. The zero-order chi connectivity index (χ0) is 28.4. The minimum absolute atomic E-state index is 0.0236. The molecule has 0 aliphatic carbocycles. The van der Waals surface area contributed by atoms with E-state index in [-0.39, 0.29) is 17.5 Å². The van der Waals surface area contributed by atoms with Gasteiger partial charge in [0, 0.05) is 37.1 Å². The second-order valence-electron chi connectivity index (χ2n) is 10.3. The third kappa shape index (κ3) is 6.37. The molecule has 0 radical (unpaired) electrons. The molecule has 1 fully saturated rings. The maximum absolute atomic E-state index is 15.1. The molecule has 11 heteroatoms. The number of sulfonamides is 1. The number of fused-ring (bicyclic) bond motifs is 1. The third-order valence-electron chi connectivity index (χ3n) is 6.80. The van der Waals surface area contributed by atoms with Gasteiger partial charge in [0.1, 0.15) is 11.9 Å². The van der Waals surface area contributed by atoms with Crippen molar-refractivity contribution >= 4 is 32.6 Å². The Labute approximate surface area is 231 Å². The van der Waals surface area contributed by atoms with Crippen molar-refractivity contribution in [1.82, 2.24) is 15.3 Å². The van der Waals surface area contributed by atoms with Crippen molar-refractivity contribution in [2.45, 2.75) is 44.2 Å². The van der Waals surface area contributed by atoms with E-state index in [2.05, 4.69) is 25.3 Å². The molecule has 1 aromatic heterocycles. The van der Waals surface area contributed by atoms with Crippen molar-refractivity contribution in [3.8, 4) is 11.1 Å². The number of hydrogen-bond acceptors (Lipinski definition) is 6. The van der Waals surface area contributed by atoms with Crippen molar-refractivity contribution in [3.63, 3.8) is 0 Å². The first-order valence-corrected chi connectivity index (χ1v) is 14.7. The van der Waals surface area contributed by atoms with E-state index < -0.39 is 39.3 Å². The van der Waals surface area contributed by atoms with Gasteiger partial charge in [-0.3, -0.25) is 4.72 Å². The summed E-state index contributed by atoms with van der Waals surface area (Å²) in [6.07, 6.45) is 1.05. The second kappa shape index (κ2) is 11.4. The predicted octanol–water partition coefficient (Wildman–Crippen LogP) is 5.75. The molecule has 4 aromatic rings. The van der Waals surface area contributed by atoms with E-state index in [9.17, 15) is 12.8 Å². The zero-order valence-electron chi connectivity index (χ0n) is 22.1. The van der Waals surface area contributed by atoms with Gasteiger partial charge in [-0.2, -0.15) is 0 Å². The molecule has 1 aliphatic heterocycles. The summed E-state index contributed by atoms with van der Waals surface area (Å²) in [5.41, 5.74) is 2.08. The minimum atomic E-state index is -4.05. The molecule has 0 spiro atoms. The van der Waals surface area contributed by atoms with Gasteiger partial charge in [0.2, 0.25) is 16.0 Å². The molecule has 7 nitrogen and oxygen atoms in total. The van der Waals surface area contributed by atoms with Crippen LogP contribution < -0.4 is 15.4 Å². The molecule has 40 heavy (non-hydrogen) atoms. The van der Waals surface area contributed by atoms with Gasteiger partial charge in [0.25, 0.3) is 0 Å². The van der Waals surface area contributed by atoms with Gasteiger partial charge in [-0.05, 0) is 52.4 Å². The number of rotatable bonds is 8. The Morgan fingerprint density at radius 2 is 1.73 bits per heavy atom. The van der Waals surface area contributed by atoms with Gasteiger partial charge in [-0.15, -0.1) is 0 Å². The first kappa shape index (κ1) is 27.9. The lowest BCUT2D eigenvalue weighted by atomic mass is 9.94. The molecule has 3 N–H and O–H groups in total. The van der Waals surface area contributed by atoms with Crippen LogP contribution >= 0.6 is 0 Å². The first-order valence-electron chi connectivity index (χ1n) is 13.0. The van der Waals surface area contributed by atoms with E-state index in [1.165, 1.54) is 0 Å². The largest absolute Gasteiger partial charge is 0.350 e. The first-order chi connectivity index (χ1) is 19.1. The van der Waals surface area contributed by atoms with Crippen LogP contribution in [-0.4, -0.2) is 43.7 Å². The molecule has 0 amide bonds. The lowest BCUT2D eigenvalue weighted by Crippen LogP contribution is -2.44. The molecule has 2 atom stereocenters. The summed E-state index contributed by atoms with van der Waals surface area (Å²) in [4.78, 5) is 9.06. The smallest absolute Gasteiger partial charge is 0.237 e. The Morgan fingerprint density at radius 3 is 2.40 bits per heavy atom. The summed E-state index contributed by atoms with van der Waals surface area (Å²) < 4.78 is 71.2. The number of alkyl halides is 1. The van der Waals surface area contributed by atoms with Gasteiger partial charge in [-0.1, -0.05) is 44.2 Å². The van der Waals surface area contributed by atoms with Gasteiger partial charge >= 0.3 is 0 Å². The van der Waals surface area contributed by atoms with Crippen molar-refractivity contribution in [2.75, 3.05) is 23.1 Å². The van der Waals surface area contributed by atoms with E-state index in [0.717, 1.165) is 17.7 Å². The monoisotopic (exact) mass is 569 g/mol. The van der Waals surface area contributed by atoms with E-state index in [0.29, 0.717) is 47.5 Å². The quantitative estimate of drug-likeness (QED) is 0.250. The number of nitrogens with zero attached hydrogens (tertiary/aromatic N) is 2. The van der Waals surface area contributed by atoms with Crippen molar-refractivity contribution < 1.29 is 21.6 Å². The Bertz CT molecular complexity index is 1610. The van der Waals surface area contributed by atoms with Gasteiger partial charge in [0.15, 0.2) is 11.6 Å². The van der Waals surface area contributed by atoms with Crippen LogP contribution in [0.2, 0.25) is 0 Å². The van der Waals surface area contributed by atoms with Crippen LogP contribution in [-0.2, 0) is 15.8 Å². The van der Waals surface area contributed by atoms with Gasteiger partial charge < -0.3 is 10.6 Å². The minimum Gasteiger partial charge on any atom is -0.350 e. The van der Waals surface area contributed by atoms with E-state index in [1.807, 2.05) is 19.9 Å². The predicted molar refractivity (Wildman–Crippen MR) is 151 cm³/mol. The molecular weight excluding hydrogens is 539 g/mol. The Morgan fingerprint density at radius 1 is 1.02 bits per heavy atom. The van der Waals surface area contributed by atoms with Crippen LogP contribution in [0.3, 0.4) is 0 Å². The highest BCUT2D eigenvalue weighted by molar-refractivity contribution is 7.91. The molecule has 0 unspecified atom stereocenters. The number of piperidine rings is 1. The summed E-state index contributed by atoms with van der Waals surface area (Å²) in [5.74, 6) is -2.07. The lowest BCUT2D eigenvalue weighted by Gasteiger charge is -2.26. The van der Waals surface area contributed by atoms with Crippen molar-refractivity contribution in [1.29, 1.82) is 0 Å². The summed E-state index contributed by atoms with van der Waals surface area (Å²) in [5, 5.41) is 6.90. The highest BCUT2D eigenvalue weighted by Gasteiger charge is 2.23. The molecule has 5 rings (SSSR count). The zero-order valence-corrected chi connectivity index (χ0v) is 22.9. The molecule has 3 aromatic carbocycles. The fraction of sp³-hybridized carbons (Fsp3) is 0.310. The summed E-state index contributed by atoms with van der Waals surface area (Å²) in [6, 6.07) is 14.0. The Kier molecular flexibility index (Phi) is 7.95. The molecule has 1 saturated heterocycles. The fourth-order valence-corrected chi connectivity index (χ4v) is 6.06. The number of benzene rings is 3. The standard InChI is InChI=1S/C29H30F3N5O2S/c1-17(2)24-9-19(8-21-13-34-29(36-27(21)24)35-23-12-22(30)14-33-15-23)20-10-25(31)28(26(32)11-20)37-40(38,39)16-18-6-4-3-5-7-18/h3-11,13,17,22-23,33,37H,12,14-16H2,1-2H3,(H,34,35,36)/t22-,23-/m0/s1. The van der Waals surface area contributed by atoms with Crippen molar-refractivity contribution in [3.05, 3.63) is 83.6 Å². The molecule has 2 heterocycles. The number of nitrogens with one attached hydrogen (secondary N) is 3. The number of halogens is 3. The number of anilines is 2. The molecular formula is C29H30F3N5O2S. The molecule has 1 aliphatic rings. The third-order valence-corrected chi connectivity index (χ3v) is 8.03. The highest BCUT2D eigenvalue weighted by Crippen LogP contribution is 2.34. The summed E-state index contributed by atoms with van der Waals surface area (Å²) in [7, 11) is -4.05. The average Bonchev–Trinajstić information content (AvgIpc) is 2.90. The second-order valence-corrected chi connectivity index (χ2v) is 12.1. The molecule has 0 saturated carbocycles. The SMILES string of the molecule is CC(C)c1cc(-c2cc(F)c(NS(=O)(=O)Cc3ccccc3)c(F)c2)cc2cnc(N[C@@H]3CNC[C@@H](F)C3)nc12. The Hall–Kier alpha value is -3.70. The van der Waals surface area contributed by atoms with Crippen LogP contribution in [0.25, 0.3) is 22.0 Å². The van der Waals surface area contributed by atoms with Crippen LogP contribution in [0.15, 0.2) is 60.8 Å². The van der Waals surface area contributed by atoms with Crippen molar-refractivity contribution in [2.24, 2.45) is 0 Å². The Balaban J connectivity index is 1.44. The van der Waals surface area contributed by atoms with E-state index >= 15 is 8.78 Å². The normalized spacial score (nSPS) is 17.8. The molecule has 0 bridgehead atoms. The van der Waals surface area contributed by atoms with E-state index in [1.54, 1.807) is 42.6 Å².